The molecular weight excluding hydrogens is 344 g/mol. The summed E-state index contributed by atoms with van der Waals surface area (Å²) in [5, 5.41) is 9.72. The van der Waals surface area contributed by atoms with E-state index in [4.69, 9.17) is 4.74 Å². The first-order chi connectivity index (χ1) is 13.0. The summed E-state index contributed by atoms with van der Waals surface area (Å²) in [7, 11) is 1.55. The van der Waals surface area contributed by atoms with Gasteiger partial charge in [-0.25, -0.2) is 9.66 Å². The Morgan fingerprint density at radius 2 is 1.93 bits per heavy atom. The van der Waals surface area contributed by atoms with Gasteiger partial charge in [-0.1, -0.05) is 24.3 Å². The van der Waals surface area contributed by atoms with Gasteiger partial charge in [0, 0.05) is 0 Å². The second-order valence-electron chi connectivity index (χ2n) is 5.70. The fourth-order valence-corrected chi connectivity index (χ4v) is 2.55. The van der Waals surface area contributed by atoms with E-state index in [1.807, 2.05) is 6.07 Å². The van der Waals surface area contributed by atoms with E-state index in [1.54, 1.807) is 62.6 Å². The van der Waals surface area contributed by atoms with E-state index < -0.39 is 11.5 Å². The van der Waals surface area contributed by atoms with Crippen LogP contribution in [-0.4, -0.2) is 22.7 Å². The summed E-state index contributed by atoms with van der Waals surface area (Å²) in [4.78, 5) is 29.4. The van der Waals surface area contributed by atoms with Crippen molar-refractivity contribution in [3.63, 3.8) is 0 Å². The highest BCUT2D eigenvalue weighted by atomic mass is 16.5. The van der Waals surface area contributed by atoms with Gasteiger partial charge in [0.15, 0.2) is 0 Å². The van der Waals surface area contributed by atoms with E-state index in [9.17, 15) is 14.9 Å². The monoisotopic (exact) mass is 360 g/mol. The number of methoxy groups -OCH3 is 1. The third kappa shape index (κ3) is 3.70. The molecule has 0 radical (unpaired) electrons. The molecule has 0 bridgehead atoms. The summed E-state index contributed by atoms with van der Waals surface area (Å²) in [5.41, 5.74) is 3.10. The van der Waals surface area contributed by atoms with Crippen LogP contribution in [0.3, 0.4) is 0 Å². The molecule has 0 aliphatic carbocycles. The average Bonchev–Trinajstić information content (AvgIpc) is 2.69. The minimum Gasteiger partial charge on any atom is -0.497 e. The Morgan fingerprint density at radius 1 is 1.22 bits per heavy atom. The van der Waals surface area contributed by atoms with Crippen LogP contribution in [-0.2, 0) is 4.79 Å². The number of hydrogen-bond acceptors (Lipinski definition) is 5. The smallest absolute Gasteiger partial charge is 0.280 e. The van der Waals surface area contributed by atoms with Crippen LogP contribution >= 0.6 is 0 Å². The van der Waals surface area contributed by atoms with Gasteiger partial charge in [-0.15, -0.1) is 0 Å². The number of nitrogens with one attached hydrogen (secondary N) is 1. The summed E-state index contributed by atoms with van der Waals surface area (Å²) in [6.45, 7) is 1.60. The topological polar surface area (TPSA) is 97.0 Å². The number of para-hydroxylation sites is 1. The van der Waals surface area contributed by atoms with Crippen molar-refractivity contribution >= 4 is 22.9 Å². The van der Waals surface area contributed by atoms with Crippen molar-refractivity contribution in [1.82, 2.24) is 9.66 Å². The Morgan fingerprint density at radius 3 is 2.59 bits per heavy atom. The number of hydrogen-bond donors (Lipinski definition) is 1. The van der Waals surface area contributed by atoms with E-state index in [0.717, 1.165) is 4.68 Å². The quantitative estimate of drug-likeness (QED) is 0.569. The highest BCUT2D eigenvalue weighted by Gasteiger charge is 2.14. The van der Waals surface area contributed by atoms with Gasteiger partial charge in [0.25, 0.3) is 11.5 Å². The number of rotatable bonds is 4. The van der Waals surface area contributed by atoms with Crippen LogP contribution in [0.5, 0.6) is 5.75 Å². The predicted octanol–water partition coefficient (Wildman–Crippen LogP) is 2.39. The van der Waals surface area contributed by atoms with Crippen LogP contribution in [0.4, 0.5) is 0 Å². The standard InChI is InChI=1S/C20H16N4O3/c1-13-22-18-6-4-3-5-17(18)20(26)24(13)23-19(25)15(12-21)11-14-7-9-16(27-2)10-8-14/h3-11H,1-2H3,(H,23,25)/b15-11+. The molecule has 1 N–H and O–H groups in total. The zero-order chi connectivity index (χ0) is 19.4. The molecule has 0 fully saturated rings. The largest absolute Gasteiger partial charge is 0.497 e. The van der Waals surface area contributed by atoms with Crippen molar-refractivity contribution in [2.24, 2.45) is 0 Å². The molecule has 0 spiro atoms. The van der Waals surface area contributed by atoms with Gasteiger partial charge in [0.05, 0.1) is 18.0 Å². The van der Waals surface area contributed by atoms with E-state index in [1.165, 1.54) is 6.08 Å². The highest BCUT2D eigenvalue weighted by Crippen LogP contribution is 2.14. The Bertz CT molecular complexity index is 1140. The van der Waals surface area contributed by atoms with Crippen LogP contribution in [0, 0.1) is 18.3 Å². The molecule has 134 valence electrons. The minimum atomic E-state index is -0.699. The van der Waals surface area contributed by atoms with Crippen LogP contribution in [0.15, 0.2) is 58.9 Å². The maximum Gasteiger partial charge on any atom is 0.280 e. The number of ether oxygens (including phenoxy) is 1. The molecule has 2 aromatic carbocycles. The molecule has 0 aliphatic heterocycles. The summed E-state index contributed by atoms with van der Waals surface area (Å²) in [5.74, 6) is 0.281. The summed E-state index contributed by atoms with van der Waals surface area (Å²) >= 11 is 0. The number of carbonyl (C=O) groups is 1. The Kier molecular flexibility index (Phi) is 4.99. The zero-order valence-electron chi connectivity index (χ0n) is 14.8. The molecule has 0 saturated heterocycles. The van der Waals surface area contributed by atoms with Crippen LogP contribution in [0.1, 0.15) is 11.4 Å². The molecule has 27 heavy (non-hydrogen) atoms. The molecule has 0 aliphatic rings. The van der Waals surface area contributed by atoms with Crippen LogP contribution in [0.2, 0.25) is 0 Å². The van der Waals surface area contributed by atoms with Gasteiger partial charge in [-0.3, -0.25) is 15.0 Å². The predicted molar refractivity (Wildman–Crippen MR) is 102 cm³/mol. The molecular formula is C20H16N4O3. The van der Waals surface area contributed by atoms with Crippen molar-refractivity contribution in [3.8, 4) is 11.8 Å². The molecule has 0 unspecified atom stereocenters. The number of nitrogens with zero attached hydrogens (tertiary/aromatic N) is 3. The number of amides is 1. The normalized spacial score (nSPS) is 11.1. The molecule has 3 aromatic rings. The molecule has 1 heterocycles. The summed E-state index contributed by atoms with van der Waals surface area (Å²) < 4.78 is 6.12. The lowest BCUT2D eigenvalue weighted by molar-refractivity contribution is -0.113. The van der Waals surface area contributed by atoms with Gasteiger partial charge < -0.3 is 4.74 Å². The van der Waals surface area contributed by atoms with Gasteiger partial charge in [0.2, 0.25) is 0 Å². The Balaban J connectivity index is 1.93. The lowest BCUT2D eigenvalue weighted by Gasteiger charge is -2.11. The van der Waals surface area contributed by atoms with E-state index in [2.05, 4.69) is 10.4 Å². The lowest BCUT2D eigenvalue weighted by Crippen LogP contribution is -2.36. The Labute approximate surface area is 155 Å². The average molecular weight is 360 g/mol. The number of nitriles is 1. The summed E-state index contributed by atoms with van der Waals surface area (Å²) in [6.07, 6.45) is 1.43. The van der Waals surface area contributed by atoms with Gasteiger partial charge in [-0.05, 0) is 42.8 Å². The molecule has 1 aromatic heterocycles. The molecule has 7 nitrogen and oxygen atoms in total. The number of aryl methyl sites for hydroxylation is 1. The van der Waals surface area contributed by atoms with E-state index in [-0.39, 0.29) is 5.57 Å². The van der Waals surface area contributed by atoms with Crippen molar-refractivity contribution in [2.75, 3.05) is 12.5 Å². The van der Waals surface area contributed by atoms with Crippen molar-refractivity contribution in [2.45, 2.75) is 6.92 Å². The van der Waals surface area contributed by atoms with Crippen LogP contribution < -0.4 is 15.7 Å². The number of aromatic nitrogens is 2. The van der Waals surface area contributed by atoms with Gasteiger partial charge in [0.1, 0.15) is 23.2 Å². The van der Waals surface area contributed by atoms with Crippen molar-refractivity contribution in [1.29, 1.82) is 5.26 Å². The SMILES string of the molecule is COc1ccc(/C=C(\C#N)C(=O)Nn2c(C)nc3ccccc3c2=O)cc1. The molecule has 0 atom stereocenters. The van der Waals surface area contributed by atoms with E-state index >= 15 is 0 Å². The fraction of sp³-hybridized carbons (Fsp3) is 0.100. The lowest BCUT2D eigenvalue weighted by atomic mass is 10.1. The molecule has 7 heteroatoms. The molecule has 0 saturated carbocycles. The third-order valence-electron chi connectivity index (χ3n) is 3.95. The maximum absolute atomic E-state index is 12.6. The number of benzene rings is 2. The first kappa shape index (κ1) is 17.9. The van der Waals surface area contributed by atoms with E-state index in [0.29, 0.717) is 28.0 Å². The maximum atomic E-state index is 12.6. The third-order valence-corrected chi connectivity index (χ3v) is 3.95. The van der Waals surface area contributed by atoms with Crippen molar-refractivity contribution in [3.05, 3.63) is 75.8 Å². The molecule has 3 rings (SSSR count). The Hall–Kier alpha value is -3.92. The van der Waals surface area contributed by atoms with Gasteiger partial charge in [-0.2, -0.15) is 5.26 Å². The number of fused-ring (bicyclic) bond motifs is 1. The first-order valence-corrected chi connectivity index (χ1v) is 8.09. The second kappa shape index (κ2) is 7.54. The minimum absolute atomic E-state index is 0.139. The zero-order valence-corrected chi connectivity index (χ0v) is 14.8. The first-order valence-electron chi connectivity index (χ1n) is 8.09. The second-order valence-corrected chi connectivity index (χ2v) is 5.70. The molecule has 1 amide bonds. The van der Waals surface area contributed by atoms with Gasteiger partial charge >= 0.3 is 0 Å². The highest BCUT2D eigenvalue weighted by molar-refractivity contribution is 6.06. The summed E-state index contributed by atoms with van der Waals surface area (Å²) in [6, 6.07) is 15.6. The number of carbonyl (C=O) groups excluding carboxylic acids is 1. The fourth-order valence-electron chi connectivity index (χ4n) is 2.55. The van der Waals surface area contributed by atoms with Crippen molar-refractivity contribution < 1.29 is 9.53 Å². The van der Waals surface area contributed by atoms with Crippen LogP contribution in [0.25, 0.3) is 17.0 Å².